The Hall–Kier alpha value is -2.50. The van der Waals surface area contributed by atoms with Crippen molar-refractivity contribution in [3.05, 3.63) is 52.1 Å². The Morgan fingerprint density at radius 2 is 1.92 bits per heavy atom. The number of nitrogens with zero attached hydrogens (tertiary/aromatic N) is 5. The molecule has 0 saturated carbocycles. The van der Waals surface area contributed by atoms with Gasteiger partial charge in [0.05, 0.1) is 6.04 Å². The van der Waals surface area contributed by atoms with Gasteiger partial charge in [-0.05, 0) is 45.8 Å². The van der Waals surface area contributed by atoms with E-state index in [0.717, 1.165) is 23.3 Å². The maximum absolute atomic E-state index is 13.8. The van der Waals surface area contributed by atoms with Crippen molar-refractivity contribution in [3.63, 3.8) is 0 Å². The van der Waals surface area contributed by atoms with Gasteiger partial charge in [-0.15, -0.1) is 12.4 Å². The van der Waals surface area contributed by atoms with E-state index in [1.165, 1.54) is 0 Å². The van der Waals surface area contributed by atoms with Gasteiger partial charge in [0.25, 0.3) is 5.56 Å². The second-order valence-electron chi connectivity index (χ2n) is 9.17. The molecule has 36 heavy (non-hydrogen) atoms. The highest BCUT2D eigenvalue weighted by Crippen LogP contribution is 2.35. The molecule has 2 aromatic heterocycles. The first-order chi connectivity index (χ1) is 16.6. The fourth-order valence-corrected chi connectivity index (χ4v) is 5.63. The average molecular weight is 544 g/mol. The van der Waals surface area contributed by atoms with Crippen LogP contribution in [0.15, 0.2) is 35.1 Å². The third-order valence-corrected chi connectivity index (χ3v) is 7.14. The Labute approximate surface area is 217 Å². The van der Waals surface area contributed by atoms with Crippen molar-refractivity contribution in [2.24, 2.45) is 0 Å². The third-order valence-electron chi connectivity index (χ3n) is 6.15. The normalized spacial score (nSPS) is 17.0. The number of fused-ring (bicyclic) bond motifs is 1. The smallest absolute Gasteiger partial charge is 0.338 e. The molecule has 0 amide bonds. The fraction of sp³-hybridized carbons (Fsp3) is 0.500. The summed E-state index contributed by atoms with van der Waals surface area (Å²) in [6, 6.07) is 8.56. The molecule has 1 aromatic carbocycles. The summed E-state index contributed by atoms with van der Waals surface area (Å²) in [6.07, 6.45) is -2.39. The van der Waals surface area contributed by atoms with E-state index in [9.17, 15) is 22.8 Å². The molecule has 3 aromatic rings. The van der Waals surface area contributed by atoms with Crippen molar-refractivity contribution in [2.75, 3.05) is 32.1 Å². The molecule has 1 aliphatic rings. The van der Waals surface area contributed by atoms with E-state index in [0.29, 0.717) is 35.5 Å². The Kier molecular flexibility index (Phi) is 8.79. The van der Waals surface area contributed by atoms with Crippen LogP contribution in [0.3, 0.4) is 0 Å². The Morgan fingerprint density at radius 3 is 2.56 bits per heavy atom. The number of aromatic nitrogens is 3. The molecule has 4 rings (SSSR count). The van der Waals surface area contributed by atoms with E-state index >= 15 is 0 Å². The summed E-state index contributed by atoms with van der Waals surface area (Å²) in [6.45, 7) is 2.34. The van der Waals surface area contributed by atoms with Crippen LogP contribution < -0.4 is 10.5 Å². The Bertz CT molecular complexity index is 1260. The first-order valence-corrected chi connectivity index (χ1v) is 12.4. The number of alkyl halides is 3. The predicted octanol–water partition coefficient (Wildman–Crippen LogP) is 4.59. The summed E-state index contributed by atoms with van der Waals surface area (Å²) in [5, 5.41) is 0.367. The molecular weight excluding hydrogens is 515 g/mol. The third kappa shape index (κ3) is 5.90. The summed E-state index contributed by atoms with van der Waals surface area (Å²) in [5.41, 5.74) is 0.165. The lowest BCUT2D eigenvalue weighted by Gasteiger charge is -2.22. The van der Waals surface area contributed by atoms with Crippen molar-refractivity contribution in [2.45, 2.75) is 50.9 Å². The van der Waals surface area contributed by atoms with Crippen LogP contribution in [0.5, 0.6) is 0 Å². The van der Waals surface area contributed by atoms with Crippen molar-refractivity contribution >= 4 is 45.0 Å². The zero-order valence-electron chi connectivity index (χ0n) is 20.3. The van der Waals surface area contributed by atoms with Gasteiger partial charge in [-0.25, -0.2) is 9.97 Å². The van der Waals surface area contributed by atoms with Gasteiger partial charge in [-0.3, -0.25) is 14.2 Å². The quantitative estimate of drug-likeness (QED) is 0.414. The minimum Gasteiger partial charge on any atom is -0.338 e. The molecule has 7 nitrogen and oxygen atoms in total. The summed E-state index contributed by atoms with van der Waals surface area (Å²) < 4.78 is 42.2. The fourth-order valence-electron chi connectivity index (χ4n) is 4.63. The van der Waals surface area contributed by atoms with Crippen molar-refractivity contribution in [1.29, 1.82) is 0 Å². The maximum atomic E-state index is 13.8. The number of benzene rings is 1. The number of hydrogen-bond donors (Lipinski definition) is 0. The predicted molar refractivity (Wildman–Crippen MR) is 137 cm³/mol. The average Bonchev–Trinajstić information content (AvgIpc) is 3.44. The van der Waals surface area contributed by atoms with E-state index in [1.807, 2.05) is 35.2 Å². The van der Waals surface area contributed by atoms with Gasteiger partial charge in [-0.2, -0.15) is 13.2 Å². The lowest BCUT2D eigenvalue weighted by molar-refractivity contribution is -0.148. The summed E-state index contributed by atoms with van der Waals surface area (Å²) >= 11 is 0.937. The van der Waals surface area contributed by atoms with E-state index < -0.39 is 29.6 Å². The number of anilines is 1. The van der Waals surface area contributed by atoms with Gasteiger partial charge in [0.2, 0.25) is 5.82 Å². The van der Waals surface area contributed by atoms with Gasteiger partial charge in [0.1, 0.15) is 0 Å². The Morgan fingerprint density at radius 1 is 1.22 bits per heavy atom. The van der Waals surface area contributed by atoms with E-state index in [-0.39, 0.29) is 35.1 Å². The molecular formula is C24H29ClF3N5O2S. The Balaban J connectivity index is 0.00000361. The largest absolute Gasteiger partial charge is 0.449 e. The number of Topliss-reactive ketones (excluding diaryl/α,β-unsaturated/α-hetero) is 1. The summed E-state index contributed by atoms with van der Waals surface area (Å²) in [7, 11) is 3.45. The van der Waals surface area contributed by atoms with E-state index in [2.05, 4.69) is 9.97 Å². The van der Waals surface area contributed by atoms with Gasteiger partial charge < -0.3 is 9.80 Å². The standard InChI is InChI=1S/C24H28F3N5O2S.ClH/c1-15(14-30(2)3)32-21(34)19-20(29-22(32)24(25,26)27)35-23(28-19)31-13-7-10-17(31)18(33)12-11-16-8-5-4-6-9-16;/h4-6,8-9,15,17H,7,10-14H2,1-3H3;1H/t15-,17-;/m1./s1. The SMILES string of the molecule is C[C@H](CN(C)C)n1c(C(F)(F)F)nc2sc(N3CCC[C@@H]3C(=O)CCc3ccccc3)nc2c1=O.Cl. The van der Waals surface area contributed by atoms with Gasteiger partial charge in [-0.1, -0.05) is 41.7 Å². The highest BCUT2D eigenvalue weighted by Gasteiger charge is 2.40. The summed E-state index contributed by atoms with van der Waals surface area (Å²) in [5.74, 6) is -1.16. The molecule has 196 valence electrons. The number of likely N-dealkylation sites (N-methyl/N-ethyl adjacent to an activating group) is 1. The number of hydrogen-bond acceptors (Lipinski definition) is 7. The highest BCUT2D eigenvalue weighted by molar-refractivity contribution is 7.21. The molecule has 0 spiro atoms. The highest BCUT2D eigenvalue weighted by atomic mass is 35.5. The first kappa shape index (κ1) is 28.1. The minimum atomic E-state index is -4.79. The first-order valence-electron chi connectivity index (χ1n) is 11.5. The number of ketones is 1. The molecule has 0 bridgehead atoms. The zero-order valence-corrected chi connectivity index (χ0v) is 21.9. The number of aryl methyl sites for hydroxylation is 1. The number of rotatable bonds is 8. The van der Waals surface area contributed by atoms with E-state index in [1.54, 1.807) is 25.9 Å². The molecule has 0 N–H and O–H groups in total. The van der Waals surface area contributed by atoms with E-state index in [4.69, 9.17) is 0 Å². The second-order valence-corrected chi connectivity index (χ2v) is 10.1. The van der Waals surface area contributed by atoms with Crippen molar-refractivity contribution < 1.29 is 18.0 Å². The molecule has 1 saturated heterocycles. The molecule has 1 aliphatic heterocycles. The zero-order chi connectivity index (χ0) is 25.3. The molecule has 0 unspecified atom stereocenters. The van der Waals surface area contributed by atoms with Crippen LogP contribution in [-0.2, 0) is 17.4 Å². The van der Waals surface area contributed by atoms with Crippen LogP contribution in [0.25, 0.3) is 10.3 Å². The molecule has 2 atom stereocenters. The second kappa shape index (κ2) is 11.3. The molecule has 0 radical (unpaired) electrons. The van der Waals surface area contributed by atoms with Gasteiger partial charge >= 0.3 is 6.18 Å². The molecule has 3 heterocycles. The van der Waals surface area contributed by atoms with Crippen LogP contribution in [0.1, 0.15) is 43.6 Å². The number of thiazole rings is 1. The monoisotopic (exact) mass is 543 g/mol. The minimum absolute atomic E-state index is 0. The lowest BCUT2D eigenvalue weighted by Crippen LogP contribution is -2.36. The van der Waals surface area contributed by atoms with Crippen LogP contribution in [0, 0.1) is 0 Å². The van der Waals surface area contributed by atoms with Crippen molar-refractivity contribution in [3.8, 4) is 0 Å². The maximum Gasteiger partial charge on any atom is 0.449 e. The number of carbonyl (C=O) groups is 1. The summed E-state index contributed by atoms with van der Waals surface area (Å²) in [4.78, 5) is 37.9. The molecule has 1 fully saturated rings. The molecule has 12 heteroatoms. The number of halogens is 4. The van der Waals surface area contributed by atoms with Gasteiger partial charge in [0, 0.05) is 25.6 Å². The van der Waals surface area contributed by atoms with Crippen LogP contribution in [0.2, 0.25) is 0 Å². The van der Waals surface area contributed by atoms with Crippen LogP contribution in [-0.4, -0.2) is 58.4 Å². The van der Waals surface area contributed by atoms with Crippen LogP contribution in [0.4, 0.5) is 18.3 Å². The lowest BCUT2D eigenvalue weighted by atomic mass is 10.0. The molecule has 0 aliphatic carbocycles. The topological polar surface area (TPSA) is 71.3 Å². The van der Waals surface area contributed by atoms with Crippen LogP contribution >= 0.6 is 23.7 Å². The number of carbonyl (C=O) groups excluding carboxylic acids is 1. The van der Waals surface area contributed by atoms with Crippen molar-refractivity contribution in [1.82, 2.24) is 19.4 Å². The van der Waals surface area contributed by atoms with Gasteiger partial charge in [0.15, 0.2) is 21.3 Å².